The van der Waals surface area contributed by atoms with Crippen molar-refractivity contribution in [1.82, 2.24) is 15.3 Å². The summed E-state index contributed by atoms with van der Waals surface area (Å²) in [6.45, 7) is 0.202. The summed E-state index contributed by atoms with van der Waals surface area (Å²) in [6.07, 6.45) is -2.30. The summed E-state index contributed by atoms with van der Waals surface area (Å²) in [6, 6.07) is 21.0. The van der Waals surface area contributed by atoms with Crippen molar-refractivity contribution < 1.29 is 42.2 Å². The number of anilines is 1. The van der Waals surface area contributed by atoms with Crippen LogP contribution in [0, 0.1) is 23.7 Å². The monoisotopic (exact) mass is 776 g/mol. The molecule has 3 N–H and O–H groups in total. The van der Waals surface area contributed by atoms with Crippen LogP contribution in [0.25, 0.3) is 0 Å². The molecule has 0 radical (unpaired) electrons. The highest BCUT2D eigenvalue weighted by Crippen LogP contribution is 2.64. The summed E-state index contributed by atoms with van der Waals surface area (Å²) < 4.78 is 46.3. The average Bonchev–Trinajstić information content (AvgIpc) is 3.55. The number of amides is 4. The standard InChI is InChI=1S/C39H29Cl2F3N4O6/c40-22-8-6-20(7-9-22)38-28(36(52)48(37(38)53)47-33-29(41)14-21(17-45-33)39(42,43)44)16-27-24(12-13-26-31(27)35(51)46-34(26)50)32(38)25-11-10-23(15-30(25)49)54-18-19-4-2-1-3-5-19/h1-12,14-15,17,26-28,31-32,49H,13,16,18H2,(H,45,47)(H,46,50,51). The number of hydrazine groups is 1. The van der Waals surface area contributed by atoms with E-state index >= 15 is 4.79 Å². The van der Waals surface area contributed by atoms with E-state index in [1.54, 1.807) is 36.4 Å². The Morgan fingerprint density at radius 3 is 2.39 bits per heavy atom. The number of nitrogens with one attached hydrogen (secondary N) is 2. The Kier molecular flexibility index (Phi) is 8.69. The van der Waals surface area contributed by atoms with Gasteiger partial charge in [0.05, 0.1) is 33.8 Å². The second-order valence-corrected chi connectivity index (χ2v) is 14.6. The highest BCUT2D eigenvalue weighted by molar-refractivity contribution is 6.33. The molecule has 3 heterocycles. The van der Waals surface area contributed by atoms with Crippen LogP contribution >= 0.6 is 23.2 Å². The molecule has 2 aliphatic heterocycles. The third kappa shape index (κ3) is 5.68. The van der Waals surface area contributed by atoms with Gasteiger partial charge in [-0.05, 0) is 54.2 Å². The molecule has 3 fully saturated rings. The largest absolute Gasteiger partial charge is 0.508 e. The minimum atomic E-state index is -4.75. The van der Waals surface area contributed by atoms with Crippen LogP contribution in [0.4, 0.5) is 19.0 Å². The van der Waals surface area contributed by atoms with E-state index in [4.69, 9.17) is 27.9 Å². The summed E-state index contributed by atoms with van der Waals surface area (Å²) >= 11 is 12.5. The van der Waals surface area contributed by atoms with E-state index in [1.807, 2.05) is 36.4 Å². The average molecular weight is 778 g/mol. The van der Waals surface area contributed by atoms with Crippen LogP contribution in [0.15, 0.2) is 96.7 Å². The van der Waals surface area contributed by atoms with E-state index in [2.05, 4.69) is 15.7 Å². The topological polar surface area (TPSA) is 138 Å². The fourth-order valence-corrected chi connectivity index (χ4v) is 8.97. The number of fused-ring (bicyclic) bond motifs is 4. The van der Waals surface area contributed by atoms with E-state index in [9.17, 15) is 32.7 Å². The fourth-order valence-electron chi connectivity index (χ4n) is 8.64. The molecular weight excluding hydrogens is 748 g/mol. The van der Waals surface area contributed by atoms with Crippen molar-refractivity contribution in [1.29, 1.82) is 0 Å². The van der Waals surface area contributed by atoms with Crippen LogP contribution in [-0.2, 0) is 37.4 Å². The van der Waals surface area contributed by atoms with Gasteiger partial charge in [0.2, 0.25) is 11.8 Å². The number of imide groups is 2. The van der Waals surface area contributed by atoms with E-state index in [0.717, 1.165) is 5.56 Å². The molecule has 6 unspecified atom stereocenters. The first kappa shape index (κ1) is 35.6. The van der Waals surface area contributed by atoms with Gasteiger partial charge in [-0.1, -0.05) is 83.4 Å². The molecule has 1 aromatic heterocycles. The lowest BCUT2D eigenvalue weighted by atomic mass is 9.49. The third-order valence-electron chi connectivity index (χ3n) is 11.0. The lowest BCUT2D eigenvalue weighted by molar-refractivity contribution is -0.139. The number of allylic oxidation sites excluding steroid dienone is 2. The maximum atomic E-state index is 15.2. The van der Waals surface area contributed by atoms with Crippen molar-refractivity contribution in [2.75, 3.05) is 5.43 Å². The molecule has 276 valence electrons. The van der Waals surface area contributed by atoms with Gasteiger partial charge >= 0.3 is 6.18 Å². The molecule has 4 aromatic rings. The first-order valence-corrected chi connectivity index (χ1v) is 17.7. The minimum Gasteiger partial charge on any atom is -0.508 e. The van der Waals surface area contributed by atoms with Gasteiger partial charge in [-0.25, -0.2) is 4.98 Å². The van der Waals surface area contributed by atoms with Crippen molar-refractivity contribution in [3.8, 4) is 11.5 Å². The first-order chi connectivity index (χ1) is 25.8. The van der Waals surface area contributed by atoms with Crippen molar-refractivity contribution in [2.24, 2.45) is 23.7 Å². The van der Waals surface area contributed by atoms with Gasteiger partial charge in [0.1, 0.15) is 18.1 Å². The first-order valence-electron chi connectivity index (χ1n) is 17.0. The number of alkyl halides is 3. The number of hydrogen-bond donors (Lipinski definition) is 3. The molecule has 54 heavy (non-hydrogen) atoms. The number of rotatable bonds is 7. The second kappa shape index (κ2) is 13.2. The smallest absolute Gasteiger partial charge is 0.417 e. The zero-order chi connectivity index (χ0) is 38.1. The number of carbonyl (C=O) groups is 4. The lowest BCUT2D eigenvalue weighted by Crippen LogP contribution is -2.53. The molecule has 15 heteroatoms. The van der Waals surface area contributed by atoms with Crippen LogP contribution in [0.5, 0.6) is 11.5 Å². The van der Waals surface area contributed by atoms with Gasteiger partial charge in [-0.2, -0.15) is 18.2 Å². The maximum Gasteiger partial charge on any atom is 0.417 e. The zero-order valence-electron chi connectivity index (χ0n) is 27.9. The lowest BCUT2D eigenvalue weighted by Gasteiger charge is -2.50. The number of pyridine rings is 1. The summed E-state index contributed by atoms with van der Waals surface area (Å²) in [7, 11) is 0. The van der Waals surface area contributed by atoms with E-state index in [0.29, 0.717) is 39.2 Å². The van der Waals surface area contributed by atoms with Crippen molar-refractivity contribution in [3.63, 3.8) is 0 Å². The van der Waals surface area contributed by atoms with Crippen LogP contribution in [0.2, 0.25) is 10.0 Å². The predicted octanol–water partition coefficient (Wildman–Crippen LogP) is 6.96. The predicted molar refractivity (Wildman–Crippen MR) is 189 cm³/mol. The minimum absolute atomic E-state index is 0.0528. The molecule has 0 spiro atoms. The molecule has 4 aliphatic rings. The Balaban J connectivity index is 1.29. The van der Waals surface area contributed by atoms with Gasteiger partial charge < -0.3 is 9.84 Å². The number of hydrogen-bond acceptors (Lipinski definition) is 8. The van der Waals surface area contributed by atoms with Crippen molar-refractivity contribution in [2.45, 2.75) is 37.0 Å². The highest BCUT2D eigenvalue weighted by atomic mass is 35.5. The van der Waals surface area contributed by atoms with Crippen LogP contribution in [-0.4, -0.2) is 38.7 Å². The third-order valence-corrected chi connectivity index (χ3v) is 11.5. The molecular formula is C39H29Cl2F3N4O6. The van der Waals surface area contributed by atoms with Gasteiger partial charge in [0.15, 0.2) is 5.82 Å². The molecule has 1 saturated carbocycles. The number of aromatic nitrogens is 1. The summed E-state index contributed by atoms with van der Waals surface area (Å²) in [5.74, 6) is -7.39. The Morgan fingerprint density at radius 1 is 0.963 bits per heavy atom. The normalized spacial score (nSPS) is 26.1. The summed E-state index contributed by atoms with van der Waals surface area (Å²) in [5.41, 5.74) is 1.71. The number of phenols is 1. The highest BCUT2D eigenvalue weighted by Gasteiger charge is 2.70. The number of halogens is 5. The van der Waals surface area contributed by atoms with E-state index < -0.39 is 75.4 Å². The molecule has 3 aromatic carbocycles. The van der Waals surface area contributed by atoms with Crippen LogP contribution in [0.3, 0.4) is 0 Å². The van der Waals surface area contributed by atoms with Gasteiger partial charge in [0.25, 0.3) is 11.8 Å². The van der Waals surface area contributed by atoms with Crippen LogP contribution < -0.4 is 15.5 Å². The molecule has 2 saturated heterocycles. The van der Waals surface area contributed by atoms with Crippen LogP contribution in [0.1, 0.15) is 41.0 Å². The molecule has 10 nitrogen and oxygen atoms in total. The Bertz CT molecular complexity index is 2250. The number of benzene rings is 3. The van der Waals surface area contributed by atoms with Crippen molar-refractivity contribution in [3.05, 3.63) is 129 Å². The summed E-state index contributed by atoms with van der Waals surface area (Å²) in [4.78, 5) is 60.0. The van der Waals surface area contributed by atoms with E-state index in [1.165, 1.54) is 6.07 Å². The SMILES string of the molecule is O=C1NC(=O)C2C1CC=C1C2CC2C(=O)N(Nc3ncc(C(F)(F)F)cc3Cl)C(=O)C2(c2ccc(Cl)cc2)C1c1ccc(OCc2ccccc2)cc1O. The van der Waals surface area contributed by atoms with Gasteiger partial charge in [-0.3, -0.25) is 29.9 Å². The number of nitrogens with zero attached hydrogens (tertiary/aromatic N) is 2. The molecule has 8 rings (SSSR count). The quantitative estimate of drug-likeness (QED) is 0.135. The van der Waals surface area contributed by atoms with Crippen molar-refractivity contribution >= 4 is 52.6 Å². The molecule has 0 bridgehead atoms. The Morgan fingerprint density at radius 2 is 1.70 bits per heavy atom. The fraction of sp³-hybridized carbons (Fsp3) is 0.256. The number of aromatic hydroxyl groups is 1. The second-order valence-electron chi connectivity index (χ2n) is 13.8. The Labute approximate surface area is 315 Å². The van der Waals surface area contributed by atoms with E-state index in [-0.39, 0.29) is 36.6 Å². The zero-order valence-corrected chi connectivity index (χ0v) is 29.5. The van der Waals surface area contributed by atoms with Gasteiger partial charge in [-0.15, -0.1) is 0 Å². The molecule has 4 amide bonds. The molecule has 2 aliphatic carbocycles. The number of phenolic OH excluding ortho intramolecular Hbond substituents is 1. The Hall–Kier alpha value is -5.40. The maximum absolute atomic E-state index is 15.2. The number of ether oxygens (including phenoxy) is 1. The molecule has 6 atom stereocenters. The summed E-state index contributed by atoms with van der Waals surface area (Å²) in [5, 5.41) is 14.8. The van der Waals surface area contributed by atoms with Gasteiger partial charge in [0, 0.05) is 28.8 Å². The number of carbonyl (C=O) groups excluding carboxylic acids is 4.